The Morgan fingerprint density at radius 3 is 2.59 bits per heavy atom. The van der Waals surface area contributed by atoms with Crippen LogP contribution in [-0.4, -0.2) is 46.1 Å². The Hall–Kier alpha value is -4.87. The third kappa shape index (κ3) is 4.35. The maximum atomic E-state index is 13.4. The molecule has 1 aliphatic rings. The Balaban J connectivity index is 1.31. The average molecular weight is 560 g/mol. The topological polar surface area (TPSA) is 96.4 Å². The van der Waals surface area contributed by atoms with Crippen LogP contribution in [0.25, 0.3) is 44.7 Å². The standard InChI is InChI=1S/C29H23F3N8O/c1-39-14-22(29(30,31)32)37-26(39)18-5-3-16(4-6-18)13-40-21-12-33-10-9-19(21)20-11-34-25(38-27(20)40)23-24(17-7-8-17)35-15-36-28(23)41-2/h3-6,9-12,14-15,17H,7-8,13H2,1-2H3/i1D3. The molecule has 5 heterocycles. The third-order valence-corrected chi connectivity index (χ3v) is 7.18. The minimum atomic E-state index is -4.79. The van der Waals surface area contributed by atoms with Gasteiger partial charge in [-0.25, -0.2) is 24.9 Å². The number of pyridine rings is 1. The van der Waals surface area contributed by atoms with Crippen LogP contribution < -0.4 is 4.74 Å². The molecule has 0 unspecified atom stereocenters. The fourth-order valence-electron chi connectivity index (χ4n) is 5.07. The van der Waals surface area contributed by atoms with Crippen LogP contribution in [0.4, 0.5) is 13.2 Å². The number of imidazole rings is 1. The van der Waals surface area contributed by atoms with Gasteiger partial charge in [-0.1, -0.05) is 24.3 Å². The molecule has 0 N–H and O–H groups in total. The molecular weight excluding hydrogens is 533 g/mol. The number of hydrogen-bond acceptors (Lipinski definition) is 7. The van der Waals surface area contributed by atoms with E-state index in [0.29, 0.717) is 46.1 Å². The Morgan fingerprint density at radius 1 is 1.02 bits per heavy atom. The molecule has 0 atom stereocenters. The fourth-order valence-corrected chi connectivity index (χ4v) is 5.07. The number of aromatic nitrogens is 8. The molecule has 41 heavy (non-hydrogen) atoms. The lowest BCUT2D eigenvalue weighted by molar-refractivity contribution is -0.140. The van der Waals surface area contributed by atoms with Gasteiger partial charge in [0.25, 0.3) is 0 Å². The molecule has 1 saturated carbocycles. The third-order valence-electron chi connectivity index (χ3n) is 7.18. The molecule has 0 bridgehead atoms. The monoisotopic (exact) mass is 559 g/mol. The number of benzene rings is 1. The Labute approximate surface area is 235 Å². The highest BCUT2D eigenvalue weighted by Gasteiger charge is 2.34. The van der Waals surface area contributed by atoms with Crippen LogP contribution in [0.2, 0.25) is 0 Å². The van der Waals surface area contributed by atoms with Crippen molar-refractivity contribution >= 4 is 21.9 Å². The average Bonchev–Trinajstić information content (AvgIpc) is 3.66. The van der Waals surface area contributed by atoms with Gasteiger partial charge in [0.15, 0.2) is 11.5 Å². The minimum absolute atomic E-state index is 0.234. The van der Waals surface area contributed by atoms with Crippen LogP contribution in [0, 0.1) is 0 Å². The summed E-state index contributed by atoms with van der Waals surface area (Å²) in [6.45, 7) is -2.51. The molecule has 5 aromatic heterocycles. The van der Waals surface area contributed by atoms with E-state index in [2.05, 4.69) is 24.9 Å². The van der Waals surface area contributed by atoms with Crippen LogP contribution in [0.3, 0.4) is 0 Å². The van der Waals surface area contributed by atoms with Gasteiger partial charge in [-0.15, -0.1) is 0 Å². The summed E-state index contributed by atoms with van der Waals surface area (Å²) in [4.78, 5) is 26.4. The fraction of sp³-hybridized carbons (Fsp3) is 0.241. The van der Waals surface area contributed by atoms with Crippen LogP contribution in [0.1, 0.15) is 39.8 Å². The lowest BCUT2D eigenvalue weighted by Gasteiger charge is -2.12. The first-order valence-electron chi connectivity index (χ1n) is 14.3. The number of ether oxygens (including phenoxy) is 1. The van der Waals surface area contributed by atoms with Gasteiger partial charge in [-0.3, -0.25) is 4.98 Å². The lowest BCUT2D eigenvalue weighted by Crippen LogP contribution is -2.05. The van der Waals surface area contributed by atoms with Gasteiger partial charge in [0.05, 0.1) is 24.5 Å². The molecule has 0 spiro atoms. The van der Waals surface area contributed by atoms with E-state index in [1.807, 2.05) is 10.6 Å². The smallest absolute Gasteiger partial charge is 0.434 e. The summed E-state index contributed by atoms with van der Waals surface area (Å²) in [5.41, 5.74) is 2.71. The predicted octanol–water partition coefficient (Wildman–Crippen LogP) is 5.79. The van der Waals surface area contributed by atoms with Gasteiger partial charge in [-0.2, -0.15) is 13.2 Å². The second kappa shape index (κ2) is 9.36. The van der Waals surface area contributed by atoms with E-state index in [0.717, 1.165) is 40.4 Å². The van der Waals surface area contributed by atoms with E-state index in [1.165, 1.54) is 6.33 Å². The van der Waals surface area contributed by atoms with Gasteiger partial charge in [0.2, 0.25) is 5.88 Å². The highest BCUT2D eigenvalue weighted by Crippen LogP contribution is 2.45. The highest BCUT2D eigenvalue weighted by atomic mass is 19.4. The lowest BCUT2D eigenvalue weighted by atomic mass is 10.1. The molecule has 0 saturated heterocycles. The molecule has 1 aliphatic carbocycles. The SMILES string of the molecule is [2H]C([2H])([2H])n1cc(C(F)(F)F)nc1-c1ccc(Cn2c3cnccc3c3cnc(-c4c(OC)ncnc4C4CC4)nc32)cc1. The van der Waals surface area contributed by atoms with Crippen molar-refractivity contribution in [1.29, 1.82) is 0 Å². The Morgan fingerprint density at radius 2 is 1.85 bits per heavy atom. The quantitative estimate of drug-likeness (QED) is 0.255. The Kier molecular flexibility index (Phi) is 5.00. The summed E-state index contributed by atoms with van der Waals surface area (Å²) in [6, 6.07) is 8.43. The van der Waals surface area contributed by atoms with E-state index in [4.69, 9.17) is 13.8 Å². The molecule has 0 amide bonds. The summed E-state index contributed by atoms with van der Waals surface area (Å²) in [7, 11) is 1.54. The molecule has 1 aromatic carbocycles. The summed E-state index contributed by atoms with van der Waals surface area (Å²) in [5, 5.41) is 1.71. The number of methoxy groups -OCH3 is 1. The number of halogens is 3. The van der Waals surface area contributed by atoms with E-state index in [-0.39, 0.29) is 11.4 Å². The van der Waals surface area contributed by atoms with Crippen molar-refractivity contribution in [2.45, 2.75) is 31.5 Å². The second-order valence-electron chi connectivity index (χ2n) is 9.84. The number of aryl methyl sites for hydroxylation is 1. The number of alkyl halides is 3. The molecule has 206 valence electrons. The first kappa shape index (κ1) is 21.9. The van der Waals surface area contributed by atoms with E-state index < -0.39 is 18.8 Å². The molecule has 0 aliphatic heterocycles. The van der Waals surface area contributed by atoms with Crippen molar-refractivity contribution in [3.05, 3.63) is 78.4 Å². The predicted molar refractivity (Wildman–Crippen MR) is 145 cm³/mol. The van der Waals surface area contributed by atoms with Crippen molar-refractivity contribution in [3.63, 3.8) is 0 Å². The maximum Gasteiger partial charge on any atom is 0.434 e. The number of fused-ring (bicyclic) bond motifs is 3. The zero-order chi connectivity index (χ0) is 30.8. The molecule has 0 radical (unpaired) electrons. The van der Waals surface area contributed by atoms with E-state index >= 15 is 0 Å². The zero-order valence-electron chi connectivity index (χ0n) is 24.6. The number of hydrogen-bond donors (Lipinski definition) is 0. The summed E-state index contributed by atoms with van der Waals surface area (Å²) >= 11 is 0. The summed E-state index contributed by atoms with van der Waals surface area (Å²) in [6.07, 6.45) is 4.43. The molecular formula is C29H23F3N8O. The first-order valence-corrected chi connectivity index (χ1v) is 12.8. The van der Waals surface area contributed by atoms with Crippen LogP contribution in [0.5, 0.6) is 5.88 Å². The highest BCUT2D eigenvalue weighted by molar-refractivity contribution is 6.06. The number of nitrogens with zero attached hydrogens (tertiary/aromatic N) is 8. The van der Waals surface area contributed by atoms with Crippen LogP contribution in [-0.2, 0) is 19.7 Å². The van der Waals surface area contributed by atoms with Crippen LogP contribution in [0.15, 0.2) is 61.4 Å². The van der Waals surface area contributed by atoms with E-state index in [1.54, 1.807) is 50.0 Å². The van der Waals surface area contributed by atoms with Gasteiger partial charge in [0, 0.05) is 58.5 Å². The van der Waals surface area contributed by atoms with Crippen molar-refractivity contribution < 1.29 is 22.0 Å². The van der Waals surface area contributed by atoms with Gasteiger partial charge in [-0.05, 0) is 24.5 Å². The van der Waals surface area contributed by atoms with Gasteiger partial charge in [0.1, 0.15) is 23.4 Å². The maximum absolute atomic E-state index is 13.4. The van der Waals surface area contributed by atoms with Gasteiger partial charge >= 0.3 is 6.18 Å². The summed E-state index contributed by atoms with van der Waals surface area (Å²) in [5.74, 6) is 0.821. The Bertz CT molecular complexity index is 2030. The molecule has 12 heteroatoms. The minimum Gasteiger partial charge on any atom is -0.480 e. The van der Waals surface area contributed by atoms with Gasteiger partial charge < -0.3 is 13.9 Å². The van der Waals surface area contributed by atoms with Crippen molar-refractivity contribution in [3.8, 4) is 28.7 Å². The van der Waals surface area contributed by atoms with Crippen molar-refractivity contribution in [1.82, 2.24) is 39.0 Å². The summed E-state index contributed by atoms with van der Waals surface area (Å²) < 4.78 is 71.3. The zero-order valence-corrected chi connectivity index (χ0v) is 21.6. The molecule has 1 fully saturated rings. The van der Waals surface area contributed by atoms with Crippen molar-refractivity contribution in [2.24, 2.45) is 6.98 Å². The molecule has 7 rings (SSSR count). The molecule has 6 aromatic rings. The second-order valence-corrected chi connectivity index (χ2v) is 9.84. The van der Waals surface area contributed by atoms with Crippen LogP contribution >= 0.6 is 0 Å². The van der Waals surface area contributed by atoms with Crippen molar-refractivity contribution in [2.75, 3.05) is 7.11 Å². The number of rotatable bonds is 6. The molecule has 9 nitrogen and oxygen atoms in total. The van der Waals surface area contributed by atoms with E-state index in [9.17, 15) is 13.2 Å². The normalized spacial score (nSPS) is 15.2. The first-order chi connectivity index (χ1) is 21.0. The largest absolute Gasteiger partial charge is 0.480 e.